The molecule has 4 heteroatoms. The van der Waals surface area contributed by atoms with Gasteiger partial charge in [0.05, 0.1) is 13.2 Å². The number of aliphatic hydroxyl groups is 1. The van der Waals surface area contributed by atoms with Gasteiger partial charge < -0.3 is 14.6 Å². The van der Waals surface area contributed by atoms with E-state index >= 15 is 0 Å². The first-order chi connectivity index (χ1) is 30.2. The number of aliphatic hydroxyl groups excluding tert-OH is 1. The summed E-state index contributed by atoms with van der Waals surface area (Å²) >= 11 is 0. The van der Waals surface area contributed by atoms with E-state index in [-0.39, 0.29) is 19.2 Å². The number of allylic oxidation sites excluding steroid dienone is 14. The fourth-order valence-electron chi connectivity index (χ4n) is 7.33. The summed E-state index contributed by atoms with van der Waals surface area (Å²) in [6.45, 7) is 5.22. The van der Waals surface area contributed by atoms with Crippen molar-refractivity contribution in [2.75, 3.05) is 19.8 Å². The molecule has 0 heterocycles. The molecule has 0 saturated heterocycles. The largest absolute Gasteiger partial charge is 0.457 e. The summed E-state index contributed by atoms with van der Waals surface area (Å²) in [6, 6.07) is 0. The van der Waals surface area contributed by atoms with Crippen molar-refractivity contribution in [1.82, 2.24) is 0 Å². The summed E-state index contributed by atoms with van der Waals surface area (Å²) < 4.78 is 11.2. The highest BCUT2D eigenvalue weighted by atomic mass is 16.6. The minimum absolute atomic E-state index is 0.180. The highest BCUT2D eigenvalue weighted by Gasteiger charge is 2.13. The highest BCUT2D eigenvalue weighted by molar-refractivity contribution is 5.69. The first kappa shape index (κ1) is 58.6. The van der Waals surface area contributed by atoms with Crippen molar-refractivity contribution >= 4 is 5.97 Å². The molecule has 0 aliphatic carbocycles. The fraction of sp³-hybridized carbons (Fsp3) is 0.737. The first-order valence-electron chi connectivity index (χ1n) is 26.2. The number of carbonyl (C=O) groups excluding carboxylic acids is 1. The Morgan fingerprint density at radius 3 is 1.11 bits per heavy atom. The van der Waals surface area contributed by atoms with Crippen molar-refractivity contribution in [3.05, 3.63) is 85.1 Å². The molecule has 0 bridgehead atoms. The van der Waals surface area contributed by atoms with E-state index in [0.717, 1.165) is 64.2 Å². The van der Waals surface area contributed by atoms with Gasteiger partial charge in [-0.3, -0.25) is 4.79 Å². The van der Waals surface area contributed by atoms with Gasteiger partial charge >= 0.3 is 5.97 Å². The van der Waals surface area contributed by atoms with E-state index in [9.17, 15) is 9.90 Å². The van der Waals surface area contributed by atoms with Gasteiger partial charge in [-0.25, -0.2) is 0 Å². The number of hydrogen-bond acceptors (Lipinski definition) is 4. The monoisotopic (exact) mass is 849 g/mol. The molecular formula is C57H100O4. The third-order valence-electron chi connectivity index (χ3n) is 11.2. The quantitative estimate of drug-likeness (QED) is 0.0376. The maximum absolute atomic E-state index is 12.3. The van der Waals surface area contributed by atoms with Crippen LogP contribution in [0.3, 0.4) is 0 Å². The van der Waals surface area contributed by atoms with E-state index < -0.39 is 6.10 Å². The van der Waals surface area contributed by atoms with Crippen LogP contribution in [0.1, 0.15) is 245 Å². The molecule has 0 fully saturated rings. The molecule has 1 unspecified atom stereocenters. The van der Waals surface area contributed by atoms with Gasteiger partial charge in [0, 0.05) is 13.0 Å². The standard InChI is InChI=1S/C57H100O4/c1-3-5-7-9-11-13-15-17-19-21-23-25-27-28-29-31-33-35-37-39-41-43-45-47-49-51-53-60-55-56(54-58)61-57(59)52-50-48-46-44-42-40-38-36-34-32-30-26-24-22-20-18-16-14-12-10-8-6-4-2/h6,8,12,14-15,17-18,20-21,23-24,26,32,34,56,58H,3-5,7,9-11,13,16,19,22,25,27-31,33,35-55H2,1-2H3/b8-6-,14-12-,17-15-,20-18-,23-21-,26-24-,34-32-. The van der Waals surface area contributed by atoms with Crippen molar-refractivity contribution in [1.29, 1.82) is 0 Å². The fourth-order valence-corrected chi connectivity index (χ4v) is 7.33. The number of carbonyl (C=O) groups is 1. The average Bonchev–Trinajstić information content (AvgIpc) is 3.27. The molecule has 0 radical (unpaired) electrons. The Bertz CT molecular complexity index is 1080. The molecule has 0 saturated carbocycles. The molecule has 4 nitrogen and oxygen atoms in total. The van der Waals surface area contributed by atoms with E-state index in [1.54, 1.807) is 0 Å². The SMILES string of the molecule is CC/C=C\C/C=C\C/C=C\C/C=C\C/C=C\CCCCCCCCCC(=O)OC(CO)COCCCCCCCCCCCCCCCC/C=C\C/C=C\CCCCCCC. The van der Waals surface area contributed by atoms with Gasteiger partial charge in [0.15, 0.2) is 0 Å². The average molecular weight is 849 g/mol. The number of ether oxygens (including phenoxy) is 2. The number of esters is 1. The maximum Gasteiger partial charge on any atom is 0.306 e. The Hall–Kier alpha value is -2.43. The molecular weight excluding hydrogens is 749 g/mol. The third kappa shape index (κ3) is 51.8. The summed E-state index contributed by atoms with van der Waals surface area (Å²) in [4.78, 5) is 12.3. The van der Waals surface area contributed by atoms with Crippen molar-refractivity contribution in [2.45, 2.75) is 251 Å². The lowest BCUT2D eigenvalue weighted by atomic mass is 10.0. The zero-order valence-electron chi connectivity index (χ0n) is 40.4. The first-order valence-corrected chi connectivity index (χ1v) is 26.2. The van der Waals surface area contributed by atoms with Gasteiger partial charge in [-0.1, -0.05) is 234 Å². The van der Waals surface area contributed by atoms with Gasteiger partial charge in [0.2, 0.25) is 0 Å². The Morgan fingerprint density at radius 2 is 0.738 bits per heavy atom. The number of hydrogen-bond donors (Lipinski definition) is 1. The van der Waals surface area contributed by atoms with Crippen LogP contribution in [0.2, 0.25) is 0 Å². The summed E-state index contributed by atoms with van der Waals surface area (Å²) in [5.41, 5.74) is 0. The van der Waals surface area contributed by atoms with E-state index in [1.807, 2.05) is 0 Å². The molecule has 61 heavy (non-hydrogen) atoms. The summed E-state index contributed by atoms with van der Waals surface area (Å²) in [5, 5.41) is 9.66. The molecule has 0 amide bonds. The molecule has 1 N–H and O–H groups in total. The van der Waals surface area contributed by atoms with Crippen LogP contribution in [-0.2, 0) is 14.3 Å². The predicted octanol–water partition coefficient (Wildman–Crippen LogP) is 17.9. The smallest absolute Gasteiger partial charge is 0.306 e. The van der Waals surface area contributed by atoms with Gasteiger partial charge in [-0.15, -0.1) is 0 Å². The van der Waals surface area contributed by atoms with Crippen LogP contribution in [0.4, 0.5) is 0 Å². The highest BCUT2D eigenvalue weighted by Crippen LogP contribution is 2.15. The summed E-state index contributed by atoms with van der Waals surface area (Å²) in [6.07, 6.45) is 75.3. The third-order valence-corrected chi connectivity index (χ3v) is 11.2. The molecule has 0 rings (SSSR count). The minimum Gasteiger partial charge on any atom is -0.457 e. The van der Waals surface area contributed by atoms with Crippen molar-refractivity contribution in [2.24, 2.45) is 0 Å². The Morgan fingerprint density at radius 1 is 0.410 bits per heavy atom. The molecule has 0 aliphatic heterocycles. The van der Waals surface area contributed by atoms with Crippen LogP contribution < -0.4 is 0 Å². The van der Waals surface area contributed by atoms with Gasteiger partial charge in [0.25, 0.3) is 0 Å². The van der Waals surface area contributed by atoms with Crippen LogP contribution >= 0.6 is 0 Å². The lowest BCUT2D eigenvalue weighted by Gasteiger charge is -2.16. The number of unbranched alkanes of at least 4 members (excludes halogenated alkanes) is 26. The molecule has 0 aliphatic rings. The molecule has 0 spiro atoms. The van der Waals surface area contributed by atoms with Crippen LogP contribution in [0.15, 0.2) is 85.1 Å². The van der Waals surface area contributed by atoms with Crippen LogP contribution in [0.25, 0.3) is 0 Å². The van der Waals surface area contributed by atoms with Gasteiger partial charge in [-0.05, 0) is 89.9 Å². The second-order valence-electron chi connectivity index (χ2n) is 17.2. The lowest BCUT2D eigenvalue weighted by molar-refractivity contribution is -0.154. The molecule has 1 atom stereocenters. The zero-order chi connectivity index (χ0) is 44.0. The van der Waals surface area contributed by atoms with Crippen molar-refractivity contribution in [3.8, 4) is 0 Å². The second kappa shape index (κ2) is 53.7. The maximum atomic E-state index is 12.3. The van der Waals surface area contributed by atoms with E-state index in [2.05, 4.69) is 98.9 Å². The summed E-state index contributed by atoms with van der Waals surface area (Å²) in [7, 11) is 0. The zero-order valence-corrected chi connectivity index (χ0v) is 40.4. The van der Waals surface area contributed by atoms with Gasteiger partial charge in [-0.2, -0.15) is 0 Å². The molecule has 0 aromatic carbocycles. The van der Waals surface area contributed by atoms with E-state index in [1.165, 1.54) is 161 Å². The van der Waals surface area contributed by atoms with Crippen LogP contribution in [-0.4, -0.2) is 37.0 Å². The number of rotatable bonds is 48. The van der Waals surface area contributed by atoms with E-state index in [0.29, 0.717) is 13.0 Å². The van der Waals surface area contributed by atoms with Gasteiger partial charge in [0.1, 0.15) is 6.10 Å². The Labute approximate surface area is 380 Å². The molecule has 0 aromatic heterocycles. The summed E-state index contributed by atoms with van der Waals surface area (Å²) in [5.74, 6) is -0.212. The second-order valence-corrected chi connectivity index (χ2v) is 17.2. The Balaban J connectivity index is 3.44. The normalized spacial score (nSPS) is 13.0. The molecule has 352 valence electrons. The molecule has 0 aromatic rings. The lowest BCUT2D eigenvalue weighted by Crippen LogP contribution is -2.27. The predicted molar refractivity (Wildman–Crippen MR) is 269 cm³/mol. The van der Waals surface area contributed by atoms with E-state index in [4.69, 9.17) is 9.47 Å². The minimum atomic E-state index is -0.546. The Kier molecular flexibility index (Phi) is 51.6. The van der Waals surface area contributed by atoms with Crippen LogP contribution in [0, 0.1) is 0 Å². The van der Waals surface area contributed by atoms with Crippen molar-refractivity contribution in [3.63, 3.8) is 0 Å². The van der Waals surface area contributed by atoms with Crippen LogP contribution in [0.5, 0.6) is 0 Å². The topological polar surface area (TPSA) is 55.8 Å². The van der Waals surface area contributed by atoms with Crippen molar-refractivity contribution < 1.29 is 19.4 Å².